The van der Waals surface area contributed by atoms with Crippen LogP contribution in [0.15, 0.2) is 42.6 Å². The first kappa shape index (κ1) is 20.2. The molecule has 1 fully saturated rings. The standard InChI is InChI=1S/C23H27N3O4/c1-29-20-8-4-6-17-14-25(12-5-13-30-22(17)20)23(28)18-9-10-21(27)26(15-18)16-19-7-2-3-11-24-19/h2-4,6-8,11,18H,5,9-10,12-16H2,1H3/t18-/m0/s1. The summed E-state index contributed by atoms with van der Waals surface area (Å²) >= 11 is 0. The maximum Gasteiger partial charge on any atom is 0.227 e. The number of carbonyl (C=O) groups excluding carboxylic acids is 2. The van der Waals surface area contributed by atoms with Gasteiger partial charge in [0.05, 0.1) is 31.9 Å². The molecule has 7 nitrogen and oxygen atoms in total. The van der Waals surface area contributed by atoms with Gasteiger partial charge in [-0.05, 0) is 31.0 Å². The van der Waals surface area contributed by atoms with Crippen LogP contribution in [-0.2, 0) is 22.7 Å². The molecule has 158 valence electrons. The van der Waals surface area contributed by atoms with Crippen LogP contribution in [0.1, 0.15) is 30.5 Å². The molecule has 7 heteroatoms. The van der Waals surface area contributed by atoms with Crippen LogP contribution in [0.5, 0.6) is 11.5 Å². The van der Waals surface area contributed by atoms with Crippen LogP contribution in [-0.4, -0.2) is 53.4 Å². The molecule has 2 amide bonds. The first-order valence-electron chi connectivity index (χ1n) is 10.4. The molecule has 2 aromatic rings. The van der Waals surface area contributed by atoms with Crippen molar-refractivity contribution >= 4 is 11.8 Å². The number of pyridine rings is 1. The van der Waals surface area contributed by atoms with E-state index in [0.717, 1.165) is 17.7 Å². The molecule has 1 atom stereocenters. The van der Waals surface area contributed by atoms with Gasteiger partial charge in [0.15, 0.2) is 11.5 Å². The van der Waals surface area contributed by atoms with Crippen LogP contribution < -0.4 is 9.47 Å². The fourth-order valence-corrected chi connectivity index (χ4v) is 4.13. The number of fused-ring (bicyclic) bond motifs is 1. The van der Waals surface area contributed by atoms with Crippen molar-refractivity contribution in [1.82, 2.24) is 14.8 Å². The van der Waals surface area contributed by atoms with E-state index in [1.807, 2.05) is 41.3 Å². The molecule has 0 unspecified atom stereocenters. The normalized spacial score (nSPS) is 19.4. The molecule has 0 aliphatic carbocycles. The number of benzene rings is 1. The lowest BCUT2D eigenvalue weighted by Gasteiger charge is -2.35. The monoisotopic (exact) mass is 409 g/mol. The van der Waals surface area contributed by atoms with Crippen molar-refractivity contribution in [3.8, 4) is 11.5 Å². The quantitative estimate of drug-likeness (QED) is 0.776. The number of para-hydroxylation sites is 1. The van der Waals surface area contributed by atoms with Crippen LogP contribution >= 0.6 is 0 Å². The topological polar surface area (TPSA) is 72.0 Å². The van der Waals surface area contributed by atoms with Crippen LogP contribution in [0.3, 0.4) is 0 Å². The predicted molar refractivity (Wildman–Crippen MR) is 111 cm³/mol. The predicted octanol–water partition coefficient (Wildman–Crippen LogP) is 2.64. The van der Waals surface area contributed by atoms with Gasteiger partial charge in [-0.25, -0.2) is 0 Å². The molecule has 0 bridgehead atoms. The van der Waals surface area contributed by atoms with Crippen molar-refractivity contribution in [2.45, 2.75) is 32.4 Å². The van der Waals surface area contributed by atoms with Crippen LogP contribution in [0.2, 0.25) is 0 Å². The highest BCUT2D eigenvalue weighted by Crippen LogP contribution is 2.34. The summed E-state index contributed by atoms with van der Waals surface area (Å²) in [6.45, 7) is 2.53. The minimum atomic E-state index is -0.194. The molecular formula is C23H27N3O4. The van der Waals surface area contributed by atoms with E-state index >= 15 is 0 Å². The summed E-state index contributed by atoms with van der Waals surface area (Å²) in [6, 6.07) is 11.4. The van der Waals surface area contributed by atoms with E-state index in [9.17, 15) is 9.59 Å². The zero-order valence-electron chi connectivity index (χ0n) is 17.3. The van der Waals surface area contributed by atoms with E-state index in [2.05, 4.69) is 4.98 Å². The number of nitrogens with zero attached hydrogens (tertiary/aromatic N) is 3. The lowest BCUT2D eigenvalue weighted by Crippen LogP contribution is -2.47. The Bertz CT molecular complexity index is 903. The first-order chi connectivity index (χ1) is 14.7. The summed E-state index contributed by atoms with van der Waals surface area (Å²) in [5.41, 5.74) is 1.78. The van der Waals surface area contributed by atoms with Crippen molar-refractivity contribution in [3.63, 3.8) is 0 Å². The third-order valence-corrected chi connectivity index (χ3v) is 5.70. The van der Waals surface area contributed by atoms with E-state index in [-0.39, 0.29) is 17.7 Å². The molecule has 0 radical (unpaired) electrons. The Morgan fingerprint density at radius 1 is 1.27 bits per heavy atom. The SMILES string of the molecule is COc1cccc2c1OCCCN(C(=O)[C@H]1CCC(=O)N(Cc3ccccn3)C1)C2. The fourth-order valence-electron chi connectivity index (χ4n) is 4.13. The average Bonchev–Trinajstić information content (AvgIpc) is 2.75. The van der Waals surface area contributed by atoms with Crippen LogP contribution in [0, 0.1) is 5.92 Å². The zero-order valence-corrected chi connectivity index (χ0v) is 17.3. The van der Waals surface area contributed by atoms with E-state index in [1.54, 1.807) is 18.2 Å². The number of ether oxygens (including phenoxy) is 2. The van der Waals surface area contributed by atoms with E-state index in [4.69, 9.17) is 9.47 Å². The molecule has 4 rings (SSSR count). The summed E-state index contributed by atoms with van der Waals surface area (Å²) in [4.78, 5) is 33.8. The third kappa shape index (κ3) is 4.40. The van der Waals surface area contributed by atoms with Gasteiger partial charge in [-0.15, -0.1) is 0 Å². The van der Waals surface area contributed by atoms with Crippen molar-refractivity contribution in [2.24, 2.45) is 5.92 Å². The molecule has 0 spiro atoms. The van der Waals surface area contributed by atoms with Gasteiger partial charge in [0.1, 0.15) is 0 Å². The Morgan fingerprint density at radius 2 is 2.17 bits per heavy atom. The Kier molecular flexibility index (Phi) is 6.16. The molecule has 0 N–H and O–H groups in total. The molecule has 2 aliphatic heterocycles. The first-order valence-corrected chi connectivity index (χ1v) is 10.4. The highest BCUT2D eigenvalue weighted by molar-refractivity contribution is 5.84. The Labute approximate surface area is 176 Å². The molecule has 2 aliphatic rings. The van der Waals surface area contributed by atoms with Gasteiger partial charge >= 0.3 is 0 Å². The summed E-state index contributed by atoms with van der Waals surface area (Å²) in [7, 11) is 1.62. The smallest absolute Gasteiger partial charge is 0.227 e. The average molecular weight is 409 g/mol. The molecule has 3 heterocycles. The number of hydrogen-bond acceptors (Lipinski definition) is 5. The van der Waals surface area contributed by atoms with E-state index in [0.29, 0.717) is 57.1 Å². The molecular weight excluding hydrogens is 382 g/mol. The van der Waals surface area contributed by atoms with Gasteiger partial charge in [-0.2, -0.15) is 0 Å². The maximum absolute atomic E-state index is 13.4. The summed E-state index contributed by atoms with van der Waals surface area (Å²) in [5.74, 6) is 1.39. The number of aromatic nitrogens is 1. The van der Waals surface area contributed by atoms with Gasteiger partial charge in [-0.3, -0.25) is 14.6 Å². The highest BCUT2D eigenvalue weighted by Gasteiger charge is 2.33. The zero-order chi connectivity index (χ0) is 20.9. The maximum atomic E-state index is 13.4. The second-order valence-corrected chi connectivity index (χ2v) is 7.74. The van der Waals surface area contributed by atoms with Crippen molar-refractivity contribution in [2.75, 3.05) is 26.8 Å². The van der Waals surface area contributed by atoms with Gasteiger partial charge in [0, 0.05) is 37.8 Å². The second kappa shape index (κ2) is 9.15. The number of piperidine rings is 1. The fraction of sp³-hybridized carbons (Fsp3) is 0.435. The third-order valence-electron chi connectivity index (χ3n) is 5.70. The van der Waals surface area contributed by atoms with E-state index < -0.39 is 0 Å². The lowest BCUT2D eigenvalue weighted by atomic mass is 9.95. The minimum Gasteiger partial charge on any atom is -0.493 e. The summed E-state index contributed by atoms with van der Waals surface area (Å²) < 4.78 is 11.3. The minimum absolute atomic E-state index is 0.0841. The van der Waals surface area contributed by atoms with Crippen molar-refractivity contribution in [3.05, 3.63) is 53.9 Å². The number of rotatable bonds is 4. The molecule has 0 saturated carbocycles. The molecule has 30 heavy (non-hydrogen) atoms. The van der Waals surface area contributed by atoms with Crippen molar-refractivity contribution in [1.29, 1.82) is 0 Å². The summed E-state index contributed by atoms with van der Waals surface area (Å²) in [5, 5.41) is 0. The summed E-state index contributed by atoms with van der Waals surface area (Å²) in [6.07, 6.45) is 3.46. The van der Waals surface area contributed by atoms with Crippen LogP contribution in [0.4, 0.5) is 0 Å². The molecule has 1 saturated heterocycles. The van der Waals surface area contributed by atoms with Gasteiger partial charge in [0.25, 0.3) is 0 Å². The number of hydrogen-bond donors (Lipinski definition) is 0. The second-order valence-electron chi connectivity index (χ2n) is 7.74. The van der Waals surface area contributed by atoms with Gasteiger partial charge < -0.3 is 19.3 Å². The molecule has 1 aromatic heterocycles. The molecule has 1 aromatic carbocycles. The number of methoxy groups -OCH3 is 1. The number of amides is 2. The lowest BCUT2D eigenvalue weighted by molar-refractivity contribution is -0.144. The van der Waals surface area contributed by atoms with E-state index in [1.165, 1.54) is 0 Å². The number of carbonyl (C=O) groups is 2. The Balaban J connectivity index is 1.48. The van der Waals surface area contributed by atoms with Crippen LogP contribution in [0.25, 0.3) is 0 Å². The largest absolute Gasteiger partial charge is 0.493 e. The number of likely N-dealkylation sites (tertiary alicyclic amines) is 1. The van der Waals surface area contributed by atoms with Gasteiger partial charge in [0.2, 0.25) is 11.8 Å². The highest BCUT2D eigenvalue weighted by atomic mass is 16.5. The Hall–Kier alpha value is -3.09. The van der Waals surface area contributed by atoms with Crippen molar-refractivity contribution < 1.29 is 19.1 Å². The van der Waals surface area contributed by atoms with Gasteiger partial charge in [-0.1, -0.05) is 18.2 Å². The Morgan fingerprint density at radius 3 is 2.97 bits per heavy atom.